The summed E-state index contributed by atoms with van der Waals surface area (Å²) >= 11 is 0. The fourth-order valence-electron chi connectivity index (χ4n) is 1.59. The van der Waals surface area contributed by atoms with Gasteiger partial charge in [-0.05, 0) is 39.0 Å². The highest BCUT2D eigenvalue weighted by Gasteiger charge is 2.36. The van der Waals surface area contributed by atoms with Crippen molar-refractivity contribution >= 4 is 0 Å². The maximum Gasteiger partial charge on any atom is 0.0965 e. The number of nitrogens with zero attached hydrogens (tertiary/aromatic N) is 3. The van der Waals surface area contributed by atoms with Crippen LogP contribution >= 0.6 is 0 Å². The summed E-state index contributed by atoms with van der Waals surface area (Å²) < 4.78 is 1.92. The first-order valence-corrected chi connectivity index (χ1v) is 6.02. The zero-order valence-electron chi connectivity index (χ0n) is 10.7. The zero-order chi connectivity index (χ0) is 11.8. The summed E-state index contributed by atoms with van der Waals surface area (Å²) in [5.74, 6) is 0. The minimum atomic E-state index is 0.0215. The fraction of sp³-hybridized carbons (Fsp3) is 0.833. The van der Waals surface area contributed by atoms with E-state index in [2.05, 4.69) is 43.3 Å². The van der Waals surface area contributed by atoms with Crippen molar-refractivity contribution in [3.63, 3.8) is 0 Å². The van der Waals surface area contributed by atoms with Gasteiger partial charge in [0.2, 0.25) is 0 Å². The smallest absolute Gasteiger partial charge is 0.0965 e. The van der Waals surface area contributed by atoms with Crippen LogP contribution in [0.2, 0.25) is 0 Å². The average Bonchev–Trinajstić information content (AvgIpc) is 2.73. The summed E-state index contributed by atoms with van der Waals surface area (Å²) in [4.78, 5) is 0. The Bertz CT molecular complexity index is 357. The molecule has 1 fully saturated rings. The first-order chi connectivity index (χ1) is 7.39. The quantitative estimate of drug-likeness (QED) is 0.846. The lowest BCUT2D eigenvalue weighted by Gasteiger charge is -2.17. The molecule has 1 heterocycles. The Kier molecular flexibility index (Phi) is 2.78. The van der Waals surface area contributed by atoms with Gasteiger partial charge in [-0.25, -0.2) is 4.68 Å². The predicted molar refractivity (Wildman–Crippen MR) is 64.1 cm³/mol. The van der Waals surface area contributed by atoms with Crippen molar-refractivity contribution in [2.24, 2.45) is 5.41 Å². The standard InChI is InChI=1S/C12H22N4/c1-11(2,3)16-8-10(14-15-16)7-13-9-12(4)5-6-12/h8,13H,5-7,9H2,1-4H3. The van der Waals surface area contributed by atoms with E-state index < -0.39 is 0 Å². The van der Waals surface area contributed by atoms with Gasteiger partial charge < -0.3 is 5.32 Å². The maximum absolute atomic E-state index is 4.17. The lowest BCUT2D eigenvalue weighted by Crippen LogP contribution is -2.23. The van der Waals surface area contributed by atoms with Gasteiger partial charge in [-0.15, -0.1) is 5.10 Å². The summed E-state index contributed by atoms with van der Waals surface area (Å²) in [6, 6.07) is 0. The van der Waals surface area contributed by atoms with Crippen LogP contribution in [0.15, 0.2) is 6.20 Å². The van der Waals surface area contributed by atoms with Crippen LogP contribution in [0.3, 0.4) is 0 Å². The van der Waals surface area contributed by atoms with Crippen molar-refractivity contribution in [2.45, 2.75) is 52.6 Å². The van der Waals surface area contributed by atoms with E-state index in [-0.39, 0.29) is 5.54 Å². The van der Waals surface area contributed by atoms with Crippen LogP contribution in [-0.2, 0) is 12.1 Å². The zero-order valence-corrected chi connectivity index (χ0v) is 10.7. The van der Waals surface area contributed by atoms with Crippen LogP contribution in [0, 0.1) is 5.41 Å². The fourth-order valence-corrected chi connectivity index (χ4v) is 1.59. The van der Waals surface area contributed by atoms with Crippen LogP contribution in [0.25, 0.3) is 0 Å². The van der Waals surface area contributed by atoms with E-state index in [9.17, 15) is 0 Å². The van der Waals surface area contributed by atoms with Crippen LogP contribution in [0.5, 0.6) is 0 Å². The van der Waals surface area contributed by atoms with Crippen molar-refractivity contribution in [3.05, 3.63) is 11.9 Å². The van der Waals surface area contributed by atoms with E-state index in [0.29, 0.717) is 5.41 Å². The van der Waals surface area contributed by atoms with Crippen molar-refractivity contribution in [3.8, 4) is 0 Å². The molecule has 1 saturated carbocycles. The van der Waals surface area contributed by atoms with Gasteiger partial charge in [0, 0.05) is 13.1 Å². The van der Waals surface area contributed by atoms with E-state index in [0.717, 1.165) is 18.8 Å². The van der Waals surface area contributed by atoms with Gasteiger partial charge in [-0.1, -0.05) is 12.1 Å². The summed E-state index contributed by atoms with van der Waals surface area (Å²) in [5, 5.41) is 11.8. The molecule has 2 rings (SSSR count). The summed E-state index contributed by atoms with van der Waals surface area (Å²) in [5.41, 5.74) is 1.60. The molecule has 1 aromatic rings. The van der Waals surface area contributed by atoms with Gasteiger partial charge in [0.25, 0.3) is 0 Å². The average molecular weight is 222 g/mol. The first-order valence-electron chi connectivity index (χ1n) is 6.02. The molecule has 1 aromatic heterocycles. The second kappa shape index (κ2) is 3.84. The molecule has 0 aromatic carbocycles. The first kappa shape index (κ1) is 11.6. The van der Waals surface area contributed by atoms with Crippen molar-refractivity contribution in [2.75, 3.05) is 6.54 Å². The van der Waals surface area contributed by atoms with E-state index in [1.54, 1.807) is 0 Å². The molecule has 0 bridgehead atoms. The van der Waals surface area contributed by atoms with E-state index in [1.807, 2.05) is 10.9 Å². The highest BCUT2D eigenvalue weighted by molar-refractivity contribution is 4.96. The molecule has 0 radical (unpaired) electrons. The SMILES string of the molecule is CC1(CNCc2cn(C(C)(C)C)nn2)CC1. The molecule has 1 N–H and O–H groups in total. The molecule has 0 unspecified atom stereocenters. The molecule has 1 aliphatic carbocycles. The topological polar surface area (TPSA) is 42.7 Å². The largest absolute Gasteiger partial charge is 0.311 e. The van der Waals surface area contributed by atoms with Gasteiger partial charge in [0.15, 0.2) is 0 Å². The summed E-state index contributed by atoms with van der Waals surface area (Å²) in [6.45, 7) is 10.6. The van der Waals surface area contributed by atoms with Crippen molar-refractivity contribution in [1.82, 2.24) is 20.3 Å². The lowest BCUT2D eigenvalue weighted by atomic mass is 10.1. The van der Waals surface area contributed by atoms with Gasteiger partial charge in [0.05, 0.1) is 17.4 Å². The molecule has 4 nitrogen and oxygen atoms in total. The Morgan fingerprint density at radius 2 is 2.12 bits per heavy atom. The van der Waals surface area contributed by atoms with Crippen LogP contribution in [-0.4, -0.2) is 21.5 Å². The van der Waals surface area contributed by atoms with Gasteiger partial charge in [-0.2, -0.15) is 0 Å². The monoisotopic (exact) mass is 222 g/mol. The molecule has 0 aliphatic heterocycles. The highest BCUT2D eigenvalue weighted by atomic mass is 15.4. The minimum Gasteiger partial charge on any atom is -0.311 e. The van der Waals surface area contributed by atoms with Crippen LogP contribution in [0.4, 0.5) is 0 Å². The molecule has 0 amide bonds. The number of hydrogen-bond donors (Lipinski definition) is 1. The molecule has 90 valence electrons. The molecule has 1 aliphatic rings. The Morgan fingerprint density at radius 3 is 2.62 bits per heavy atom. The Hall–Kier alpha value is -0.900. The normalized spacial score (nSPS) is 18.8. The molecule has 4 heteroatoms. The van der Waals surface area contributed by atoms with Gasteiger partial charge in [0.1, 0.15) is 0 Å². The molecule has 0 spiro atoms. The highest BCUT2D eigenvalue weighted by Crippen LogP contribution is 2.44. The maximum atomic E-state index is 4.17. The number of nitrogens with one attached hydrogen (secondary N) is 1. The molecular formula is C12H22N4. The molecular weight excluding hydrogens is 200 g/mol. The van der Waals surface area contributed by atoms with E-state index in [1.165, 1.54) is 12.8 Å². The van der Waals surface area contributed by atoms with Gasteiger partial charge >= 0.3 is 0 Å². The number of rotatable bonds is 4. The number of hydrogen-bond acceptors (Lipinski definition) is 3. The van der Waals surface area contributed by atoms with E-state index in [4.69, 9.17) is 0 Å². The predicted octanol–water partition coefficient (Wildman–Crippen LogP) is 1.92. The van der Waals surface area contributed by atoms with E-state index >= 15 is 0 Å². The number of aromatic nitrogens is 3. The summed E-state index contributed by atoms with van der Waals surface area (Å²) in [6.07, 6.45) is 4.74. The third kappa shape index (κ3) is 2.82. The molecule has 0 saturated heterocycles. The van der Waals surface area contributed by atoms with Crippen LogP contribution in [0.1, 0.15) is 46.2 Å². The molecule has 16 heavy (non-hydrogen) atoms. The Balaban J connectivity index is 1.83. The Labute approximate surface area is 97.4 Å². The third-order valence-electron chi connectivity index (χ3n) is 3.19. The van der Waals surface area contributed by atoms with Gasteiger partial charge in [-0.3, -0.25) is 0 Å². The molecule has 0 atom stereocenters. The lowest BCUT2D eigenvalue weighted by molar-refractivity contribution is 0.346. The van der Waals surface area contributed by atoms with Crippen molar-refractivity contribution in [1.29, 1.82) is 0 Å². The second-order valence-corrected chi connectivity index (χ2v) is 6.24. The minimum absolute atomic E-state index is 0.0215. The second-order valence-electron chi connectivity index (χ2n) is 6.24. The van der Waals surface area contributed by atoms with Crippen molar-refractivity contribution < 1.29 is 0 Å². The third-order valence-corrected chi connectivity index (χ3v) is 3.19. The Morgan fingerprint density at radius 1 is 1.44 bits per heavy atom. The summed E-state index contributed by atoms with van der Waals surface area (Å²) in [7, 11) is 0. The van der Waals surface area contributed by atoms with Crippen LogP contribution < -0.4 is 5.32 Å².